The van der Waals surface area contributed by atoms with E-state index in [1.54, 1.807) is 33.8 Å². The number of carbonyl (C=O) groups excluding carboxylic acids is 6. The lowest BCUT2D eigenvalue weighted by molar-refractivity contribution is -0.158. The average Bonchev–Trinajstić information content (AvgIpc) is 4.10. The molecule has 4 aliphatic rings. The van der Waals surface area contributed by atoms with E-state index in [0.29, 0.717) is 122 Å². The summed E-state index contributed by atoms with van der Waals surface area (Å²) in [5.74, 6) is -2.16. The first-order valence-electron chi connectivity index (χ1n) is 25.8. The number of nitrogens with zero attached hydrogens (tertiary/aromatic N) is 6. The maximum atomic E-state index is 14.8. The first kappa shape index (κ1) is 52.1. The van der Waals surface area contributed by atoms with Gasteiger partial charge in [-0.3, -0.25) is 38.9 Å². The van der Waals surface area contributed by atoms with Crippen LogP contribution in [0, 0.1) is 25.6 Å². The molecule has 3 fully saturated rings. The monoisotopic (exact) mass is 1060 g/mol. The van der Waals surface area contributed by atoms with Crippen LogP contribution in [0.1, 0.15) is 75.5 Å². The summed E-state index contributed by atoms with van der Waals surface area (Å²) in [5, 5.41) is 13.0. The molecule has 2 aromatic heterocycles. The number of hydrogen-bond acceptors (Lipinski definition) is 13. The van der Waals surface area contributed by atoms with Crippen molar-refractivity contribution in [1.29, 1.82) is 0 Å². The molecule has 0 saturated carbocycles. The Hall–Kier alpha value is -7.35. The average molecular weight is 1060 g/mol. The number of hydrogen-bond donors (Lipinski definition) is 2. The maximum absolute atomic E-state index is 14.8. The number of aryl methyl sites for hydroxylation is 3. The Labute approximate surface area is 443 Å². The van der Waals surface area contributed by atoms with Crippen LogP contribution in [0.25, 0.3) is 32.8 Å². The van der Waals surface area contributed by atoms with E-state index >= 15 is 0 Å². The second-order valence-electron chi connectivity index (χ2n) is 19.8. The lowest BCUT2D eigenvalue weighted by Gasteiger charge is -2.35. The van der Waals surface area contributed by atoms with Crippen molar-refractivity contribution in [3.8, 4) is 22.6 Å². The number of aromatic nitrogens is 3. The van der Waals surface area contributed by atoms with Gasteiger partial charge in [0, 0.05) is 91.5 Å². The number of imide groups is 1. The van der Waals surface area contributed by atoms with Gasteiger partial charge in [0.1, 0.15) is 29.1 Å². The van der Waals surface area contributed by atoms with Gasteiger partial charge >= 0.3 is 11.9 Å². The number of piperidine rings is 2. The van der Waals surface area contributed by atoms with Gasteiger partial charge in [0.2, 0.25) is 18.6 Å². The number of halogens is 2. The standard InChI is InChI=1S/C56H60ClFN8O10/c1-33-49(34(2)62(3)61-33)50-43(57)15-14-40-39(9-6-28-73-45-10-4-7-36-29-37(58)12-13-38(36)45)52(56(72)76-32-75-55(71)35-18-20-59-21-19-35)65(51(40)50)27-24-63-22-25-64(26-23-63)48(68)31-74-46-11-5-8-41-42(46)30-66(54(41)70)44-16-17-47(67)60-53(44)69/h4-5,7-8,10-15,29,35,44,59H,6,9,16-28,30-32H2,1-3H3,(H,60,67,69). The van der Waals surface area contributed by atoms with Gasteiger partial charge in [-0.05, 0) is 112 Å². The van der Waals surface area contributed by atoms with Crippen LogP contribution in [0.4, 0.5) is 4.39 Å². The van der Waals surface area contributed by atoms with Gasteiger partial charge in [0.25, 0.3) is 11.8 Å². The Bertz CT molecular complexity index is 3270. The number of benzene rings is 4. The fraction of sp³-hybridized carbons (Fsp3) is 0.411. The summed E-state index contributed by atoms with van der Waals surface area (Å²) in [5.41, 5.74) is 5.88. The highest BCUT2D eigenvalue weighted by atomic mass is 35.5. The van der Waals surface area contributed by atoms with Crippen molar-refractivity contribution in [1.82, 2.24) is 39.7 Å². The number of carbonyl (C=O) groups is 6. The minimum Gasteiger partial charge on any atom is -0.493 e. The van der Waals surface area contributed by atoms with Gasteiger partial charge in [-0.25, -0.2) is 9.18 Å². The van der Waals surface area contributed by atoms with E-state index in [-0.39, 0.29) is 67.8 Å². The highest BCUT2D eigenvalue weighted by Crippen LogP contribution is 2.43. The molecule has 4 aromatic carbocycles. The number of piperazine rings is 1. The lowest BCUT2D eigenvalue weighted by Crippen LogP contribution is -2.52. The Morgan fingerprint density at radius 1 is 0.855 bits per heavy atom. The molecule has 76 heavy (non-hydrogen) atoms. The zero-order valence-electron chi connectivity index (χ0n) is 42.8. The normalized spacial score (nSPS) is 17.3. The molecule has 0 spiro atoms. The number of ether oxygens (including phenoxy) is 4. The first-order valence-corrected chi connectivity index (χ1v) is 26.2. The SMILES string of the molecule is Cc1nn(C)c(C)c1-c1c(Cl)ccc2c(CCCOc3cccc4cc(F)ccc34)c(C(=O)OCOC(=O)C3CCNCC3)n(CCN3CCN(C(=O)COc4cccc5c4CN(C4CCC(=O)NC4=O)C5=O)CC3)c12. The number of nitrogens with one attached hydrogen (secondary N) is 2. The summed E-state index contributed by atoms with van der Waals surface area (Å²) in [6.07, 6.45) is 2.49. The first-order chi connectivity index (χ1) is 36.7. The second kappa shape index (κ2) is 22.5. The van der Waals surface area contributed by atoms with Gasteiger partial charge in [0.05, 0.1) is 35.3 Å². The van der Waals surface area contributed by atoms with Crippen molar-refractivity contribution in [3.05, 3.63) is 111 Å². The van der Waals surface area contributed by atoms with Crippen LogP contribution in [0.2, 0.25) is 5.02 Å². The molecule has 0 bridgehead atoms. The van der Waals surface area contributed by atoms with E-state index in [0.717, 1.165) is 33.2 Å². The molecule has 6 aromatic rings. The van der Waals surface area contributed by atoms with Gasteiger partial charge < -0.3 is 38.6 Å². The molecule has 18 nitrogen and oxygen atoms in total. The van der Waals surface area contributed by atoms with Crippen molar-refractivity contribution in [2.75, 3.05) is 65.8 Å². The van der Waals surface area contributed by atoms with E-state index in [1.165, 1.54) is 17.0 Å². The minimum atomic E-state index is -0.778. The van der Waals surface area contributed by atoms with Crippen LogP contribution < -0.4 is 20.1 Å². The molecule has 20 heteroatoms. The Kier molecular flexibility index (Phi) is 15.4. The van der Waals surface area contributed by atoms with Crippen LogP contribution in [-0.2, 0) is 55.2 Å². The van der Waals surface area contributed by atoms with Gasteiger partial charge in [0.15, 0.2) is 6.61 Å². The second-order valence-corrected chi connectivity index (χ2v) is 20.2. The largest absolute Gasteiger partial charge is 0.493 e. The molecule has 1 unspecified atom stereocenters. The zero-order chi connectivity index (χ0) is 53.2. The van der Waals surface area contributed by atoms with Crippen molar-refractivity contribution in [2.24, 2.45) is 13.0 Å². The highest BCUT2D eigenvalue weighted by molar-refractivity contribution is 6.35. The number of rotatable bonds is 17. The molecule has 6 heterocycles. The number of fused-ring (bicyclic) bond motifs is 3. The molecule has 4 aliphatic heterocycles. The van der Waals surface area contributed by atoms with Crippen LogP contribution in [0.5, 0.6) is 11.5 Å². The number of esters is 2. The molecule has 10 rings (SSSR count). The predicted octanol–water partition coefficient (Wildman–Crippen LogP) is 6.26. The summed E-state index contributed by atoms with van der Waals surface area (Å²) in [4.78, 5) is 84.8. The molecular formula is C56H60ClFN8O10. The van der Waals surface area contributed by atoms with Crippen LogP contribution >= 0.6 is 11.6 Å². The summed E-state index contributed by atoms with van der Waals surface area (Å²) in [6.45, 7) is 7.50. The zero-order valence-corrected chi connectivity index (χ0v) is 43.5. The maximum Gasteiger partial charge on any atom is 0.358 e. The van der Waals surface area contributed by atoms with Crippen LogP contribution in [0.3, 0.4) is 0 Å². The fourth-order valence-corrected chi connectivity index (χ4v) is 11.4. The third-order valence-electron chi connectivity index (χ3n) is 15.2. The van der Waals surface area contributed by atoms with Gasteiger partial charge in [-0.2, -0.15) is 5.10 Å². The molecule has 3 saturated heterocycles. The molecular weight excluding hydrogens is 999 g/mol. The summed E-state index contributed by atoms with van der Waals surface area (Å²) < 4.78 is 41.7. The van der Waals surface area contributed by atoms with Crippen molar-refractivity contribution in [2.45, 2.75) is 71.5 Å². The molecule has 1 atom stereocenters. The Balaban J connectivity index is 0.881. The molecule has 398 valence electrons. The van der Waals surface area contributed by atoms with Crippen LogP contribution in [0.15, 0.2) is 66.7 Å². The lowest BCUT2D eigenvalue weighted by atomic mass is 9.98. The summed E-state index contributed by atoms with van der Waals surface area (Å²) in [7, 11) is 1.87. The Morgan fingerprint density at radius 2 is 1.62 bits per heavy atom. The Morgan fingerprint density at radius 3 is 2.38 bits per heavy atom. The third kappa shape index (κ3) is 10.6. The number of amides is 4. The van der Waals surface area contributed by atoms with Gasteiger partial charge in [-0.1, -0.05) is 35.9 Å². The predicted molar refractivity (Wildman–Crippen MR) is 279 cm³/mol. The van der Waals surface area contributed by atoms with Crippen molar-refractivity contribution in [3.63, 3.8) is 0 Å². The quantitative estimate of drug-likeness (QED) is 0.0450. The highest BCUT2D eigenvalue weighted by Gasteiger charge is 2.40. The topological polar surface area (TPSA) is 196 Å². The van der Waals surface area contributed by atoms with Crippen molar-refractivity contribution >= 4 is 68.8 Å². The van der Waals surface area contributed by atoms with E-state index in [2.05, 4.69) is 15.5 Å². The molecule has 0 radical (unpaired) electrons. The van der Waals surface area contributed by atoms with E-state index < -0.39 is 30.7 Å². The van der Waals surface area contributed by atoms with E-state index in [4.69, 9.17) is 35.6 Å². The summed E-state index contributed by atoms with van der Waals surface area (Å²) in [6, 6.07) is 18.1. The molecule has 4 amide bonds. The molecule has 0 aliphatic carbocycles. The van der Waals surface area contributed by atoms with Gasteiger partial charge in [-0.15, -0.1) is 0 Å². The smallest absolute Gasteiger partial charge is 0.358 e. The van der Waals surface area contributed by atoms with Crippen molar-refractivity contribution < 1.29 is 52.1 Å². The summed E-state index contributed by atoms with van der Waals surface area (Å²) >= 11 is 7.22. The fourth-order valence-electron chi connectivity index (χ4n) is 11.1. The molecule has 2 N–H and O–H groups in total. The third-order valence-corrected chi connectivity index (χ3v) is 15.5. The van der Waals surface area contributed by atoms with E-state index in [1.807, 2.05) is 55.8 Å². The van der Waals surface area contributed by atoms with Crippen LogP contribution in [-0.4, -0.2) is 136 Å². The minimum absolute atomic E-state index is 0.118. The van der Waals surface area contributed by atoms with E-state index in [9.17, 15) is 33.2 Å².